The maximum absolute atomic E-state index is 12.3. The van der Waals surface area contributed by atoms with Crippen molar-refractivity contribution in [1.82, 2.24) is 0 Å². The van der Waals surface area contributed by atoms with E-state index in [1.165, 1.54) is 24.0 Å². The molecule has 1 aromatic rings. The molecule has 0 spiro atoms. The lowest BCUT2D eigenvalue weighted by atomic mass is 9.71. The van der Waals surface area contributed by atoms with E-state index in [2.05, 4.69) is 32.9 Å². The topological polar surface area (TPSA) is 17.1 Å². The van der Waals surface area contributed by atoms with E-state index in [1.807, 2.05) is 12.1 Å². The monoisotopic (exact) mass is 244 g/mol. The van der Waals surface area contributed by atoms with Crippen molar-refractivity contribution in [2.75, 3.05) is 0 Å². The van der Waals surface area contributed by atoms with Gasteiger partial charge in [-0.05, 0) is 49.1 Å². The molecule has 1 aliphatic carbocycles. The van der Waals surface area contributed by atoms with Crippen LogP contribution in [0.25, 0.3) is 0 Å². The van der Waals surface area contributed by atoms with E-state index in [4.69, 9.17) is 0 Å². The largest absolute Gasteiger partial charge is 0.299 e. The van der Waals surface area contributed by atoms with Gasteiger partial charge in [-0.15, -0.1) is 0 Å². The van der Waals surface area contributed by atoms with Gasteiger partial charge in [0.15, 0.2) is 0 Å². The molecule has 0 N–H and O–H groups in total. The van der Waals surface area contributed by atoms with Crippen LogP contribution in [0.4, 0.5) is 0 Å². The average Bonchev–Trinajstić information content (AvgIpc) is 2.32. The molecule has 1 aromatic carbocycles. The standard InChI is InChI=1S/C17H24O/c1-13-6-4-5-7-15(13)12-16(18)14-8-10-17(2,3)11-9-14/h4-7,14H,8-12H2,1-3H3. The molecule has 0 saturated heterocycles. The number of hydrogen-bond acceptors (Lipinski definition) is 1. The Morgan fingerprint density at radius 1 is 1.22 bits per heavy atom. The summed E-state index contributed by atoms with van der Waals surface area (Å²) in [7, 11) is 0. The SMILES string of the molecule is Cc1ccccc1CC(=O)C1CCC(C)(C)CC1. The van der Waals surface area contributed by atoms with Gasteiger partial charge in [0.05, 0.1) is 0 Å². The molecule has 0 aliphatic heterocycles. The van der Waals surface area contributed by atoms with Crippen LogP contribution in [0, 0.1) is 18.3 Å². The summed E-state index contributed by atoms with van der Waals surface area (Å²) in [5, 5.41) is 0. The van der Waals surface area contributed by atoms with E-state index in [9.17, 15) is 4.79 Å². The summed E-state index contributed by atoms with van der Waals surface area (Å²) in [5.41, 5.74) is 2.88. The first-order valence-electron chi connectivity index (χ1n) is 7.05. The van der Waals surface area contributed by atoms with E-state index in [0.29, 0.717) is 23.5 Å². The van der Waals surface area contributed by atoms with Crippen LogP contribution in [-0.4, -0.2) is 5.78 Å². The Hall–Kier alpha value is -1.11. The lowest BCUT2D eigenvalue weighted by molar-refractivity contribution is -0.123. The Morgan fingerprint density at radius 2 is 1.83 bits per heavy atom. The second-order valence-corrected chi connectivity index (χ2v) is 6.51. The lowest BCUT2D eigenvalue weighted by Gasteiger charge is -2.33. The molecule has 0 atom stereocenters. The summed E-state index contributed by atoms with van der Waals surface area (Å²) in [6, 6.07) is 8.23. The molecule has 1 aliphatic rings. The zero-order chi connectivity index (χ0) is 13.2. The molecule has 1 saturated carbocycles. The predicted octanol–water partition coefficient (Wildman–Crippen LogP) is 4.32. The molecule has 0 unspecified atom stereocenters. The number of rotatable bonds is 3. The molecule has 1 fully saturated rings. The Labute approximate surface area is 111 Å². The predicted molar refractivity (Wildman–Crippen MR) is 75.6 cm³/mol. The quantitative estimate of drug-likeness (QED) is 0.773. The molecule has 0 amide bonds. The lowest BCUT2D eigenvalue weighted by Crippen LogP contribution is -2.27. The molecule has 1 nitrogen and oxygen atoms in total. The van der Waals surface area contributed by atoms with Gasteiger partial charge >= 0.3 is 0 Å². The highest BCUT2D eigenvalue weighted by atomic mass is 16.1. The summed E-state index contributed by atoms with van der Waals surface area (Å²) in [6.45, 7) is 6.72. The van der Waals surface area contributed by atoms with Crippen LogP contribution in [0.3, 0.4) is 0 Å². The van der Waals surface area contributed by atoms with E-state index >= 15 is 0 Å². The Bertz CT molecular complexity index is 421. The summed E-state index contributed by atoms with van der Waals surface area (Å²) in [4.78, 5) is 12.3. The van der Waals surface area contributed by atoms with Crippen LogP contribution in [0.5, 0.6) is 0 Å². The zero-order valence-electron chi connectivity index (χ0n) is 11.8. The molecule has 0 bridgehead atoms. The number of benzene rings is 1. The normalized spacial score (nSPS) is 19.7. The highest BCUT2D eigenvalue weighted by molar-refractivity contribution is 5.83. The summed E-state index contributed by atoms with van der Waals surface area (Å²) in [6.07, 6.45) is 5.17. The number of carbonyl (C=O) groups excluding carboxylic acids is 1. The van der Waals surface area contributed by atoms with Crippen molar-refractivity contribution < 1.29 is 4.79 Å². The maximum atomic E-state index is 12.3. The molecular weight excluding hydrogens is 220 g/mol. The molecule has 2 rings (SSSR count). The first kappa shape index (κ1) is 13.3. The minimum absolute atomic E-state index is 0.303. The molecular formula is C17H24O. The van der Waals surface area contributed by atoms with Crippen molar-refractivity contribution in [3.05, 3.63) is 35.4 Å². The number of carbonyl (C=O) groups is 1. The number of hydrogen-bond donors (Lipinski definition) is 0. The van der Waals surface area contributed by atoms with E-state index in [-0.39, 0.29) is 0 Å². The highest BCUT2D eigenvalue weighted by Gasteiger charge is 2.30. The summed E-state index contributed by atoms with van der Waals surface area (Å²) >= 11 is 0. The van der Waals surface area contributed by atoms with Gasteiger partial charge in [-0.2, -0.15) is 0 Å². The van der Waals surface area contributed by atoms with Gasteiger partial charge in [-0.1, -0.05) is 38.1 Å². The van der Waals surface area contributed by atoms with Crippen molar-refractivity contribution in [3.63, 3.8) is 0 Å². The van der Waals surface area contributed by atoms with E-state index in [1.54, 1.807) is 0 Å². The van der Waals surface area contributed by atoms with Gasteiger partial charge in [0.2, 0.25) is 0 Å². The molecule has 18 heavy (non-hydrogen) atoms. The zero-order valence-corrected chi connectivity index (χ0v) is 11.8. The second kappa shape index (κ2) is 5.26. The van der Waals surface area contributed by atoms with Crippen LogP contribution in [0.2, 0.25) is 0 Å². The van der Waals surface area contributed by atoms with Gasteiger partial charge in [-0.25, -0.2) is 0 Å². The third kappa shape index (κ3) is 3.22. The molecule has 0 radical (unpaired) electrons. The first-order valence-corrected chi connectivity index (χ1v) is 7.05. The molecule has 98 valence electrons. The van der Waals surface area contributed by atoms with Crippen LogP contribution in [0.1, 0.15) is 50.7 Å². The molecule has 0 aromatic heterocycles. The first-order chi connectivity index (χ1) is 8.48. The van der Waals surface area contributed by atoms with Crippen molar-refractivity contribution >= 4 is 5.78 Å². The number of ketones is 1. The van der Waals surface area contributed by atoms with Crippen molar-refractivity contribution in [2.24, 2.45) is 11.3 Å². The third-order valence-corrected chi connectivity index (χ3v) is 4.42. The van der Waals surface area contributed by atoms with Gasteiger partial charge in [0.1, 0.15) is 5.78 Å². The van der Waals surface area contributed by atoms with Crippen LogP contribution in [0.15, 0.2) is 24.3 Å². The highest BCUT2D eigenvalue weighted by Crippen LogP contribution is 2.38. The maximum Gasteiger partial charge on any atom is 0.140 e. The fourth-order valence-corrected chi connectivity index (χ4v) is 2.86. The van der Waals surface area contributed by atoms with Crippen molar-refractivity contribution in [1.29, 1.82) is 0 Å². The fourth-order valence-electron chi connectivity index (χ4n) is 2.86. The minimum Gasteiger partial charge on any atom is -0.299 e. The second-order valence-electron chi connectivity index (χ2n) is 6.51. The minimum atomic E-state index is 0.303. The summed E-state index contributed by atoms with van der Waals surface area (Å²) < 4.78 is 0. The Kier molecular flexibility index (Phi) is 3.89. The van der Waals surface area contributed by atoms with Gasteiger partial charge < -0.3 is 0 Å². The Balaban J connectivity index is 1.95. The molecule has 1 heteroatoms. The van der Waals surface area contributed by atoms with Gasteiger partial charge in [-0.3, -0.25) is 4.79 Å². The van der Waals surface area contributed by atoms with E-state index in [0.717, 1.165) is 12.8 Å². The van der Waals surface area contributed by atoms with Crippen molar-refractivity contribution in [2.45, 2.75) is 52.9 Å². The van der Waals surface area contributed by atoms with Gasteiger partial charge in [0, 0.05) is 12.3 Å². The van der Waals surface area contributed by atoms with Crippen LogP contribution >= 0.6 is 0 Å². The van der Waals surface area contributed by atoms with Crippen LogP contribution in [-0.2, 0) is 11.2 Å². The third-order valence-electron chi connectivity index (χ3n) is 4.42. The number of Topliss-reactive ketones (excluding diaryl/α,β-unsaturated/α-hetero) is 1. The molecule has 0 heterocycles. The Morgan fingerprint density at radius 3 is 2.44 bits per heavy atom. The average molecular weight is 244 g/mol. The fraction of sp³-hybridized carbons (Fsp3) is 0.588. The van der Waals surface area contributed by atoms with Crippen molar-refractivity contribution in [3.8, 4) is 0 Å². The number of aryl methyl sites for hydroxylation is 1. The van der Waals surface area contributed by atoms with Crippen LogP contribution < -0.4 is 0 Å². The smallest absolute Gasteiger partial charge is 0.140 e. The van der Waals surface area contributed by atoms with Gasteiger partial charge in [0.25, 0.3) is 0 Å². The van der Waals surface area contributed by atoms with E-state index < -0.39 is 0 Å². The summed E-state index contributed by atoms with van der Waals surface area (Å²) in [5.74, 6) is 0.748.